The fourth-order valence-electron chi connectivity index (χ4n) is 2.25. The van der Waals surface area contributed by atoms with Gasteiger partial charge in [0.2, 0.25) is 5.91 Å². The molecule has 0 radical (unpaired) electrons. The Hall–Kier alpha value is -1.55. The van der Waals surface area contributed by atoms with Gasteiger partial charge in [-0.05, 0) is 38.8 Å². The minimum Gasteiger partial charge on any atom is -0.492 e. The first-order valence-electron chi connectivity index (χ1n) is 7.36. The zero-order valence-electron chi connectivity index (χ0n) is 12.4. The van der Waals surface area contributed by atoms with E-state index in [9.17, 15) is 4.79 Å². The Labute approximate surface area is 121 Å². The maximum atomic E-state index is 11.9. The van der Waals surface area contributed by atoms with E-state index in [1.54, 1.807) is 0 Å². The molecule has 1 unspecified atom stereocenters. The van der Waals surface area contributed by atoms with Gasteiger partial charge in [-0.25, -0.2) is 0 Å². The molecule has 2 rings (SSSR count). The molecular weight excluding hydrogens is 252 g/mol. The van der Waals surface area contributed by atoms with Crippen LogP contribution in [0.2, 0.25) is 0 Å². The Bertz CT molecular complexity index is 425. The predicted octanol–water partition coefficient (Wildman–Crippen LogP) is 1.97. The molecule has 1 saturated heterocycles. The van der Waals surface area contributed by atoms with Crippen LogP contribution >= 0.6 is 0 Å². The van der Waals surface area contributed by atoms with E-state index in [1.165, 1.54) is 5.56 Å². The second kappa shape index (κ2) is 7.29. The highest BCUT2D eigenvalue weighted by molar-refractivity contribution is 5.78. The standard InChI is InChI=1S/C16H24N2O2/c1-13-5-7-15(8-6-13)20-12-14(2)17-11-16(19)18-9-3-4-10-18/h5-8,14,17H,3-4,9-12H2,1-2H3. The van der Waals surface area contributed by atoms with Gasteiger partial charge in [-0.1, -0.05) is 17.7 Å². The molecule has 110 valence electrons. The van der Waals surface area contributed by atoms with Crippen LogP contribution < -0.4 is 10.1 Å². The van der Waals surface area contributed by atoms with E-state index >= 15 is 0 Å². The SMILES string of the molecule is Cc1ccc(OCC(C)NCC(=O)N2CCCC2)cc1. The normalized spacial score (nSPS) is 16.2. The molecule has 20 heavy (non-hydrogen) atoms. The number of carbonyl (C=O) groups excluding carboxylic acids is 1. The summed E-state index contributed by atoms with van der Waals surface area (Å²) >= 11 is 0. The average molecular weight is 276 g/mol. The monoisotopic (exact) mass is 276 g/mol. The summed E-state index contributed by atoms with van der Waals surface area (Å²) < 4.78 is 5.69. The maximum absolute atomic E-state index is 11.9. The number of hydrogen-bond donors (Lipinski definition) is 1. The lowest BCUT2D eigenvalue weighted by Crippen LogP contribution is -2.41. The molecule has 1 aliphatic rings. The zero-order chi connectivity index (χ0) is 14.4. The first-order valence-corrected chi connectivity index (χ1v) is 7.36. The van der Waals surface area contributed by atoms with Crippen LogP contribution in [0.4, 0.5) is 0 Å². The number of rotatable bonds is 6. The van der Waals surface area contributed by atoms with Crippen molar-refractivity contribution in [3.63, 3.8) is 0 Å². The number of benzene rings is 1. The summed E-state index contributed by atoms with van der Waals surface area (Å²) in [6.07, 6.45) is 2.27. The van der Waals surface area contributed by atoms with Gasteiger partial charge in [0.15, 0.2) is 0 Å². The molecule has 1 aromatic rings. The molecule has 1 N–H and O–H groups in total. The van der Waals surface area contributed by atoms with Crippen molar-refractivity contribution in [3.8, 4) is 5.75 Å². The number of likely N-dealkylation sites (tertiary alicyclic amines) is 1. The van der Waals surface area contributed by atoms with Crippen molar-refractivity contribution in [2.24, 2.45) is 0 Å². The molecule has 0 aliphatic carbocycles. The molecule has 1 fully saturated rings. The van der Waals surface area contributed by atoms with Crippen LogP contribution in [0.3, 0.4) is 0 Å². The molecule has 0 saturated carbocycles. The van der Waals surface area contributed by atoms with Crippen molar-refractivity contribution in [2.75, 3.05) is 26.2 Å². The molecule has 1 amide bonds. The third-order valence-corrected chi connectivity index (χ3v) is 3.58. The number of ether oxygens (including phenoxy) is 1. The lowest BCUT2D eigenvalue weighted by atomic mass is 10.2. The van der Waals surface area contributed by atoms with Gasteiger partial charge in [-0.2, -0.15) is 0 Å². The van der Waals surface area contributed by atoms with Crippen LogP contribution in [-0.4, -0.2) is 43.1 Å². The Kier molecular flexibility index (Phi) is 5.41. The Morgan fingerprint density at radius 1 is 1.30 bits per heavy atom. The van der Waals surface area contributed by atoms with Gasteiger partial charge < -0.3 is 15.0 Å². The fourth-order valence-corrected chi connectivity index (χ4v) is 2.25. The van der Waals surface area contributed by atoms with E-state index in [2.05, 4.69) is 12.2 Å². The van der Waals surface area contributed by atoms with Crippen LogP contribution in [0.15, 0.2) is 24.3 Å². The van der Waals surface area contributed by atoms with E-state index in [0.717, 1.165) is 31.7 Å². The van der Waals surface area contributed by atoms with Crippen LogP contribution in [0.5, 0.6) is 5.75 Å². The first-order chi connectivity index (χ1) is 9.65. The summed E-state index contributed by atoms with van der Waals surface area (Å²) in [6, 6.07) is 8.16. The number of carbonyl (C=O) groups is 1. The molecule has 4 heteroatoms. The van der Waals surface area contributed by atoms with Gasteiger partial charge in [0.05, 0.1) is 6.54 Å². The second-order valence-electron chi connectivity index (χ2n) is 5.49. The first kappa shape index (κ1) is 14.9. The summed E-state index contributed by atoms with van der Waals surface area (Å²) in [5, 5.41) is 3.22. The Morgan fingerprint density at radius 2 is 1.95 bits per heavy atom. The lowest BCUT2D eigenvalue weighted by molar-refractivity contribution is -0.129. The highest BCUT2D eigenvalue weighted by Crippen LogP contribution is 2.11. The summed E-state index contributed by atoms with van der Waals surface area (Å²) in [5.74, 6) is 1.07. The molecule has 4 nitrogen and oxygen atoms in total. The topological polar surface area (TPSA) is 41.6 Å². The predicted molar refractivity (Wildman–Crippen MR) is 80.0 cm³/mol. The summed E-state index contributed by atoms with van der Waals surface area (Å²) in [7, 11) is 0. The quantitative estimate of drug-likeness (QED) is 0.864. The Morgan fingerprint density at radius 3 is 2.60 bits per heavy atom. The number of amides is 1. The summed E-state index contributed by atoms with van der Waals surface area (Å²) in [4.78, 5) is 13.8. The molecule has 1 atom stereocenters. The van der Waals surface area contributed by atoms with Crippen molar-refractivity contribution in [2.45, 2.75) is 32.7 Å². The highest BCUT2D eigenvalue weighted by Gasteiger charge is 2.17. The average Bonchev–Trinajstić information content (AvgIpc) is 2.98. The zero-order valence-corrected chi connectivity index (χ0v) is 12.4. The second-order valence-corrected chi connectivity index (χ2v) is 5.49. The minimum atomic E-state index is 0.155. The molecule has 1 heterocycles. The summed E-state index contributed by atoms with van der Waals surface area (Å²) in [5.41, 5.74) is 1.22. The van der Waals surface area contributed by atoms with Gasteiger partial charge in [0, 0.05) is 19.1 Å². The lowest BCUT2D eigenvalue weighted by Gasteiger charge is -2.18. The molecule has 0 spiro atoms. The molecule has 1 aliphatic heterocycles. The van der Waals surface area contributed by atoms with Gasteiger partial charge in [0.1, 0.15) is 12.4 Å². The summed E-state index contributed by atoms with van der Waals surface area (Å²) in [6.45, 7) is 6.88. The van der Waals surface area contributed by atoms with E-state index in [4.69, 9.17) is 4.74 Å². The smallest absolute Gasteiger partial charge is 0.236 e. The van der Waals surface area contributed by atoms with Crippen LogP contribution in [-0.2, 0) is 4.79 Å². The molecule has 0 aromatic heterocycles. The number of aryl methyl sites for hydroxylation is 1. The van der Waals surface area contributed by atoms with Crippen molar-refractivity contribution in [1.82, 2.24) is 10.2 Å². The van der Waals surface area contributed by atoms with E-state index in [0.29, 0.717) is 13.2 Å². The number of nitrogens with zero attached hydrogens (tertiary/aromatic N) is 1. The molecular formula is C16H24N2O2. The fraction of sp³-hybridized carbons (Fsp3) is 0.562. The molecule has 0 bridgehead atoms. The van der Waals surface area contributed by atoms with Crippen molar-refractivity contribution in [1.29, 1.82) is 0 Å². The van der Waals surface area contributed by atoms with Gasteiger partial charge in [-0.15, -0.1) is 0 Å². The highest BCUT2D eigenvalue weighted by atomic mass is 16.5. The van der Waals surface area contributed by atoms with E-state index in [-0.39, 0.29) is 11.9 Å². The van der Waals surface area contributed by atoms with Crippen molar-refractivity contribution < 1.29 is 9.53 Å². The minimum absolute atomic E-state index is 0.155. The third-order valence-electron chi connectivity index (χ3n) is 3.58. The van der Waals surface area contributed by atoms with Gasteiger partial charge >= 0.3 is 0 Å². The van der Waals surface area contributed by atoms with Crippen LogP contribution in [0.25, 0.3) is 0 Å². The molecule has 1 aromatic carbocycles. The van der Waals surface area contributed by atoms with Crippen molar-refractivity contribution in [3.05, 3.63) is 29.8 Å². The van der Waals surface area contributed by atoms with Gasteiger partial charge in [-0.3, -0.25) is 4.79 Å². The third kappa shape index (κ3) is 4.53. The van der Waals surface area contributed by atoms with E-state index < -0.39 is 0 Å². The van der Waals surface area contributed by atoms with Crippen LogP contribution in [0.1, 0.15) is 25.3 Å². The maximum Gasteiger partial charge on any atom is 0.236 e. The Balaban J connectivity index is 1.66. The van der Waals surface area contributed by atoms with Crippen molar-refractivity contribution >= 4 is 5.91 Å². The van der Waals surface area contributed by atoms with Crippen LogP contribution in [0, 0.1) is 6.92 Å². The van der Waals surface area contributed by atoms with E-state index in [1.807, 2.05) is 36.1 Å². The number of hydrogen-bond acceptors (Lipinski definition) is 3. The number of nitrogens with one attached hydrogen (secondary N) is 1. The largest absolute Gasteiger partial charge is 0.492 e. The van der Waals surface area contributed by atoms with Gasteiger partial charge in [0.25, 0.3) is 0 Å².